The summed E-state index contributed by atoms with van der Waals surface area (Å²) in [4.78, 5) is 4.25. The van der Waals surface area contributed by atoms with Crippen LogP contribution in [0.4, 0.5) is 5.69 Å². The number of nitrogens with one attached hydrogen (secondary N) is 1. The van der Waals surface area contributed by atoms with E-state index in [4.69, 9.17) is 5.41 Å². The van der Waals surface area contributed by atoms with Crippen LogP contribution < -0.4 is 5.01 Å². The quantitative estimate of drug-likeness (QED) is 0.409. The van der Waals surface area contributed by atoms with Gasteiger partial charge in [0.25, 0.3) is 0 Å². The molecule has 1 radical (unpaired) electrons. The Kier molecular flexibility index (Phi) is 4.44. The molecule has 2 rings (SSSR count). The van der Waals surface area contributed by atoms with Crippen LogP contribution in [-0.2, 0) is 0 Å². The van der Waals surface area contributed by atoms with Gasteiger partial charge in [-0.25, -0.2) is 0 Å². The number of aromatic nitrogens is 1. The van der Waals surface area contributed by atoms with Gasteiger partial charge in [0.05, 0.1) is 0 Å². The average molecular weight is 316 g/mol. The Labute approximate surface area is 120 Å². The van der Waals surface area contributed by atoms with Gasteiger partial charge >= 0.3 is 120 Å². The number of benzene rings is 1. The normalized spacial score (nSPS) is 11.1. The van der Waals surface area contributed by atoms with Crippen LogP contribution in [0.3, 0.4) is 0 Å². The number of hydrazone groups is 1. The molecule has 0 atom stereocenters. The summed E-state index contributed by atoms with van der Waals surface area (Å²) in [5.74, 6) is 0. The van der Waals surface area contributed by atoms with Crippen LogP contribution in [0, 0.1) is 5.41 Å². The van der Waals surface area contributed by atoms with Crippen molar-refractivity contribution in [2.45, 2.75) is 6.92 Å². The molecule has 1 aromatic carbocycles. The molecular weight excluding hydrogens is 303 g/mol. The molecule has 0 saturated heterocycles. The number of nitrogens with zero attached hydrogens (tertiary/aromatic N) is 3. The molecule has 5 heteroatoms. The molecule has 1 heterocycles. The minimum absolute atomic E-state index is 0.237. The summed E-state index contributed by atoms with van der Waals surface area (Å²) in [5.41, 5.74) is 2.38. The van der Waals surface area contributed by atoms with E-state index in [9.17, 15) is 0 Å². The van der Waals surface area contributed by atoms with Crippen LogP contribution in [0.5, 0.6) is 0 Å². The molecule has 0 amide bonds. The molecule has 2 aromatic rings. The third-order valence-corrected chi connectivity index (χ3v) is 2.84. The van der Waals surface area contributed by atoms with E-state index in [2.05, 4.69) is 26.1 Å². The Morgan fingerprint density at radius 3 is 2.42 bits per heavy atom. The molecule has 0 fully saturated rings. The number of hydrogen-bond acceptors (Lipinski definition) is 3. The van der Waals surface area contributed by atoms with Crippen molar-refractivity contribution < 1.29 is 0 Å². The van der Waals surface area contributed by atoms with Crippen LogP contribution in [0.2, 0.25) is 0 Å². The fraction of sp³-hybridized carbons (Fsp3) is 0.0714. The molecule has 0 spiro atoms. The molecule has 19 heavy (non-hydrogen) atoms. The molecule has 0 bridgehead atoms. The second-order valence-electron chi connectivity index (χ2n) is 3.85. The topological polar surface area (TPSA) is 52.3 Å². The monoisotopic (exact) mass is 317 g/mol. The summed E-state index contributed by atoms with van der Waals surface area (Å²) in [6.07, 6.45) is 1.73. The van der Waals surface area contributed by atoms with Crippen molar-refractivity contribution in [2.24, 2.45) is 5.10 Å². The van der Waals surface area contributed by atoms with Crippen molar-refractivity contribution in [1.29, 1.82) is 5.41 Å². The molecule has 0 aliphatic heterocycles. The third-order valence-electron chi connectivity index (χ3n) is 2.48. The molecule has 0 unspecified atom stereocenters. The Hall–Kier alpha value is -1.97. The maximum absolute atomic E-state index is 7.79. The number of hydrogen-bond donors (Lipinski definition) is 1. The summed E-state index contributed by atoms with van der Waals surface area (Å²) in [6.45, 7) is 1.88. The Bertz CT molecular complexity index is 581. The SMILES string of the molecule is C/C(=N\N(C(=N)[Se])c1ccccc1)c1ccccn1. The van der Waals surface area contributed by atoms with E-state index < -0.39 is 0 Å². The van der Waals surface area contributed by atoms with Crippen molar-refractivity contribution in [3.05, 3.63) is 60.4 Å². The van der Waals surface area contributed by atoms with Crippen molar-refractivity contribution in [2.75, 3.05) is 5.01 Å². The van der Waals surface area contributed by atoms with Gasteiger partial charge in [0.2, 0.25) is 0 Å². The number of para-hydroxylation sites is 1. The average Bonchev–Trinajstić information content (AvgIpc) is 2.46. The van der Waals surface area contributed by atoms with Crippen molar-refractivity contribution in [1.82, 2.24) is 4.98 Å². The van der Waals surface area contributed by atoms with Gasteiger partial charge in [0.15, 0.2) is 0 Å². The molecule has 0 saturated carbocycles. The zero-order chi connectivity index (χ0) is 13.7. The summed E-state index contributed by atoms with van der Waals surface area (Å²) < 4.78 is 0.237. The van der Waals surface area contributed by atoms with Crippen molar-refractivity contribution in [3.63, 3.8) is 0 Å². The van der Waals surface area contributed by atoms with E-state index in [0.29, 0.717) is 0 Å². The van der Waals surface area contributed by atoms with Crippen LogP contribution in [0.25, 0.3) is 0 Å². The van der Waals surface area contributed by atoms with Gasteiger partial charge in [-0.1, -0.05) is 0 Å². The maximum atomic E-state index is 7.79. The molecule has 0 aliphatic carbocycles. The van der Waals surface area contributed by atoms with Crippen LogP contribution in [0.15, 0.2) is 59.8 Å². The summed E-state index contributed by atoms with van der Waals surface area (Å²) in [5, 5.41) is 13.8. The molecule has 0 aliphatic rings. The van der Waals surface area contributed by atoms with Gasteiger partial charge in [-0.15, -0.1) is 0 Å². The fourth-order valence-corrected chi connectivity index (χ4v) is 1.87. The first-order chi connectivity index (χ1) is 9.18. The Morgan fingerprint density at radius 1 is 1.16 bits per heavy atom. The van der Waals surface area contributed by atoms with Crippen LogP contribution in [0.1, 0.15) is 12.6 Å². The van der Waals surface area contributed by atoms with Crippen LogP contribution in [-0.4, -0.2) is 31.4 Å². The first-order valence-electron chi connectivity index (χ1n) is 5.76. The predicted molar refractivity (Wildman–Crippen MR) is 78.8 cm³/mol. The van der Waals surface area contributed by atoms with E-state index in [0.717, 1.165) is 17.1 Å². The number of rotatable bonds is 3. The summed E-state index contributed by atoms with van der Waals surface area (Å²) in [7, 11) is 0. The number of anilines is 1. The molecule has 4 nitrogen and oxygen atoms in total. The molecular formula is C14H13N4Se. The van der Waals surface area contributed by atoms with Crippen molar-refractivity contribution in [3.8, 4) is 0 Å². The molecule has 1 aromatic heterocycles. The van der Waals surface area contributed by atoms with Crippen LogP contribution >= 0.6 is 0 Å². The minimum atomic E-state index is 0.237. The van der Waals surface area contributed by atoms with E-state index in [1.807, 2.05) is 55.5 Å². The van der Waals surface area contributed by atoms with Gasteiger partial charge in [-0.05, 0) is 0 Å². The predicted octanol–water partition coefficient (Wildman–Crippen LogP) is 2.42. The molecule has 95 valence electrons. The van der Waals surface area contributed by atoms with E-state index in [1.165, 1.54) is 0 Å². The number of amidine groups is 1. The zero-order valence-corrected chi connectivity index (χ0v) is 12.2. The standard InChI is InChI=1S/C14H13N4Se/c1-11(13-9-5-6-10-16-13)17-18(14(15)19)12-7-3-2-4-8-12/h2-10,15H,1H3/b15-14?,17-11+. The molecule has 1 N–H and O–H groups in total. The van der Waals surface area contributed by atoms with E-state index in [1.54, 1.807) is 11.2 Å². The van der Waals surface area contributed by atoms with E-state index >= 15 is 0 Å². The van der Waals surface area contributed by atoms with Gasteiger partial charge in [-0.2, -0.15) is 0 Å². The third kappa shape index (κ3) is 3.50. The Balaban J connectivity index is 2.34. The first-order valence-corrected chi connectivity index (χ1v) is 6.61. The zero-order valence-electron chi connectivity index (χ0n) is 10.4. The van der Waals surface area contributed by atoms with Gasteiger partial charge in [0.1, 0.15) is 0 Å². The first kappa shape index (κ1) is 13.5. The van der Waals surface area contributed by atoms with Crippen molar-refractivity contribution >= 4 is 32.1 Å². The van der Waals surface area contributed by atoms with Gasteiger partial charge in [-0.3, -0.25) is 0 Å². The van der Waals surface area contributed by atoms with E-state index in [-0.39, 0.29) is 4.73 Å². The summed E-state index contributed by atoms with van der Waals surface area (Å²) >= 11 is 2.68. The summed E-state index contributed by atoms with van der Waals surface area (Å²) in [6, 6.07) is 15.2. The second kappa shape index (κ2) is 6.27. The van der Waals surface area contributed by atoms with Gasteiger partial charge < -0.3 is 0 Å². The van der Waals surface area contributed by atoms with Gasteiger partial charge in [0, 0.05) is 0 Å². The fourth-order valence-electron chi connectivity index (χ4n) is 1.57. The number of pyridine rings is 1. The second-order valence-corrected chi connectivity index (χ2v) is 4.66. The Morgan fingerprint density at radius 2 is 1.84 bits per heavy atom.